The first kappa shape index (κ1) is 27.9. The third-order valence-corrected chi connectivity index (χ3v) is 8.44. The molecule has 3 aromatic carbocycles. The van der Waals surface area contributed by atoms with E-state index in [1.165, 1.54) is 22.8 Å². The minimum Gasteiger partial charge on any atom is -0.333 e. The van der Waals surface area contributed by atoms with Crippen molar-refractivity contribution in [3.63, 3.8) is 0 Å². The van der Waals surface area contributed by atoms with Crippen molar-refractivity contribution in [1.82, 2.24) is 23.8 Å². The number of fused-ring (bicyclic) bond motifs is 3. The predicted molar refractivity (Wildman–Crippen MR) is 159 cm³/mol. The maximum absolute atomic E-state index is 13.9. The van der Waals surface area contributed by atoms with Gasteiger partial charge < -0.3 is 9.47 Å². The maximum atomic E-state index is 13.9. The second-order valence-corrected chi connectivity index (χ2v) is 12.8. The topological polar surface area (TPSA) is 119 Å². The molecule has 5 aromatic rings. The third-order valence-electron chi connectivity index (χ3n) is 7.57. The van der Waals surface area contributed by atoms with Gasteiger partial charge in [-0.2, -0.15) is 0 Å². The van der Waals surface area contributed by atoms with Gasteiger partial charge in [-0.05, 0) is 60.9 Å². The van der Waals surface area contributed by atoms with E-state index in [9.17, 15) is 22.4 Å². The molecule has 216 valence electrons. The Balaban J connectivity index is 1.48. The summed E-state index contributed by atoms with van der Waals surface area (Å²) in [6, 6.07) is 11.3. The van der Waals surface area contributed by atoms with Gasteiger partial charge in [-0.1, -0.05) is 23.7 Å². The Labute approximate surface area is 245 Å². The molecule has 0 bridgehead atoms. The number of nitrogens with zero attached hydrogens (tertiary/aromatic N) is 5. The minimum atomic E-state index is -3.83. The zero-order valence-corrected chi connectivity index (χ0v) is 24.7. The summed E-state index contributed by atoms with van der Waals surface area (Å²) in [6.45, 7) is 4.73. The van der Waals surface area contributed by atoms with Crippen molar-refractivity contribution in [3.05, 3.63) is 97.8 Å². The molecule has 1 aliphatic rings. The van der Waals surface area contributed by atoms with Crippen LogP contribution in [0.1, 0.15) is 45.6 Å². The normalized spacial score (nSPS) is 14.0. The Morgan fingerprint density at radius 3 is 2.57 bits per heavy atom. The molecule has 0 spiro atoms. The first-order valence-electron chi connectivity index (χ1n) is 13.0. The zero-order chi connectivity index (χ0) is 30.1. The second kappa shape index (κ2) is 9.92. The van der Waals surface area contributed by atoms with Gasteiger partial charge in [0, 0.05) is 25.7 Å². The molecule has 2 aromatic heterocycles. The summed E-state index contributed by atoms with van der Waals surface area (Å²) in [5.41, 5.74) is 4.46. The Kier molecular flexibility index (Phi) is 6.58. The van der Waals surface area contributed by atoms with Gasteiger partial charge in [0.2, 0.25) is 16.0 Å². The van der Waals surface area contributed by atoms with E-state index in [1.807, 2.05) is 34.1 Å². The summed E-state index contributed by atoms with van der Waals surface area (Å²) in [7, 11) is -2.16. The summed E-state index contributed by atoms with van der Waals surface area (Å²) in [5.74, 6) is -0.731. The SMILES string of the molecule is Cc1cc([C@@H](C)n2cnc3c(C(=O)NS(C)(=O)=O)c(Cl)ccc32)c2nc(N3Cc4ccc(F)cc4C3)n(C)c(=O)c2c1. The van der Waals surface area contributed by atoms with E-state index in [-0.39, 0.29) is 27.5 Å². The monoisotopic (exact) mass is 608 g/mol. The van der Waals surface area contributed by atoms with Gasteiger partial charge in [-0.3, -0.25) is 14.2 Å². The number of hydrogen-bond acceptors (Lipinski definition) is 7. The zero-order valence-electron chi connectivity index (χ0n) is 23.1. The quantitative estimate of drug-likeness (QED) is 0.318. The molecule has 1 N–H and O–H groups in total. The fraction of sp³-hybridized carbons (Fsp3) is 0.241. The molecule has 42 heavy (non-hydrogen) atoms. The highest BCUT2D eigenvalue weighted by atomic mass is 35.5. The summed E-state index contributed by atoms with van der Waals surface area (Å²) in [5, 5.41) is 0.510. The van der Waals surface area contributed by atoms with E-state index in [0.29, 0.717) is 35.5 Å². The number of imidazole rings is 1. The summed E-state index contributed by atoms with van der Waals surface area (Å²) >= 11 is 6.31. The standard InChI is InChI=1S/C29H26ClFN6O4S/c1-15-9-20(16(2)37-14-32-26-23(37)8-7-22(30)24(26)27(38)34-42(4,40)41)25-21(10-15)28(39)35(3)29(33-25)36-12-17-5-6-19(31)11-18(17)13-36/h5-11,14,16H,12-13H2,1-4H3,(H,34,38)/t16-/m1/s1. The Hall–Kier alpha value is -4.29. The molecule has 3 heterocycles. The fourth-order valence-electron chi connectivity index (χ4n) is 5.62. The molecular weight excluding hydrogens is 583 g/mol. The number of halogens is 2. The molecule has 0 saturated carbocycles. The van der Waals surface area contributed by atoms with E-state index in [4.69, 9.17) is 16.6 Å². The predicted octanol–water partition coefficient (Wildman–Crippen LogP) is 4.20. The highest BCUT2D eigenvalue weighted by molar-refractivity contribution is 7.89. The molecule has 0 radical (unpaired) electrons. The van der Waals surface area contributed by atoms with Crippen LogP contribution in [-0.4, -0.2) is 39.7 Å². The van der Waals surface area contributed by atoms with Crippen molar-refractivity contribution in [1.29, 1.82) is 0 Å². The smallest absolute Gasteiger partial charge is 0.268 e. The van der Waals surface area contributed by atoms with Crippen molar-refractivity contribution < 1.29 is 17.6 Å². The number of rotatable bonds is 5. The first-order chi connectivity index (χ1) is 19.8. The van der Waals surface area contributed by atoms with Crippen molar-refractivity contribution in [2.75, 3.05) is 11.2 Å². The number of amides is 1. The van der Waals surface area contributed by atoms with E-state index in [1.54, 1.807) is 31.6 Å². The van der Waals surface area contributed by atoms with Gasteiger partial charge in [0.1, 0.15) is 11.3 Å². The van der Waals surface area contributed by atoms with Gasteiger partial charge in [-0.25, -0.2) is 27.5 Å². The number of benzene rings is 3. The number of anilines is 1. The lowest BCUT2D eigenvalue weighted by Crippen LogP contribution is -2.29. The molecule has 0 unspecified atom stereocenters. The van der Waals surface area contributed by atoms with Crippen LogP contribution in [0.2, 0.25) is 5.02 Å². The number of hydrogen-bond donors (Lipinski definition) is 1. The van der Waals surface area contributed by atoms with E-state index in [2.05, 4.69) is 4.98 Å². The number of carbonyl (C=O) groups excluding carboxylic acids is 1. The van der Waals surface area contributed by atoms with Gasteiger partial charge in [0.05, 0.1) is 45.6 Å². The second-order valence-electron chi connectivity index (χ2n) is 10.6. The lowest BCUT2D eigenvalue weighted by molar-refractivity contribution is 0.0983. The average Bonchev–Trinajstić information content (AvgIpc) is 3.53. The first-order valence-corrected chi connectivity index (χ1v) is 15.3. The Morgan fingerprint density at radius 1 is 1.10 bits per heavy atom. The number of sulfonamides is 1. The molecule has 0 aliphatic carbocycles. The van der Waals surface area contributed by atoms with Crippen molar-refractivity contribution in [3.8, 4) is 0 Å². The molecule has 1 aliphatic heterocycles. The molecule has 0 fully saturated rings. The van der Waals surface area contributed by atoms with Gasteiger partial charge in [0.15, 0.2) is 0 Å². The van der Waals surface area contributed by atoms with E-state index >= 15 is 0 Å². The van der Waals surface area contributed by atoms with Gasteiger partial charge in [0.25, 0.3) is 11.5 Å². The number of nitrogens with one attached hydrogen (secondary N) is 1. The average molecular weight is 609 g/mol. The van der Waals surface area contributed by atoms with Crippen LogP contribution in [0.4, 0.5) is 10.3 Å². The lowest BCUT2D eigenvalue weighted by Gasteiger charge is -2.22. The minimum absolute atomic E-state index is 0.0565. The fourth-order valence-corrected chi connectivity index (χ4v) is 6.29. The van der Waals surface area contributed by atoms with Gasteiger partial charge >= 0.3 is 0 Å². The third kappa shape index (κ3) is 4.70. The Bertz CT molecular complexity index is 2120. The van der Waals surface area contributed by atoms with Crippen LogP contribution >= 0.6 is 11.6 Å². The summed E-state index contributed by atoms with van der Waals surface area (Å²) in [4.78, 5) is 37.8. The number of carbonyl (C=O) groups is 1. The maximum Gasteiger partial charge on any atom is 0.268 e. The van der Waals surface area contributed by atoms with Crippen LogP contribution in [0.15, 0.2) is 53.6 Å². The molecule has 6 rings (SSSR count). The van der Waals surface area contributed by atoms with Crippen molar-refractivity contribution in [2.45, 2.75) is 33.0 Å². The van der Waals surface area contributed by atoms with Crippen LogP contribution in [0.25, 0.3) is 21.9 Å². The number of aryl methyl sites for hydroxylation is 1. The van der Waals surface area contributed by atoms with Gasteiger partial charge in [-0.15, -0.1) is 0 Å². The lowest BCUT2D eigenvalue weighted by atomic mass is 10.0. The van der Waals surface area contributed by atoms with Crippen LogP contribution in [0.5, 0.6) is 0 Å². The summed E-state index contributed by atoms with van der Waals surface area (Å²) < 4.78 is 42.6. The summed E-state index contributed by atoms with van der Waals surface area (Å²) in [6.07, 6.45) is 2.43. The van der Waals surface area contributed by atoms with Crippen molar-refractivity contribution in [2.24, 2.45) is 7.05 Å². The highest BCUT2D eigenvalue weighted by Gasteiger charge is 2.26. The van der Waals surface area contributed by atoms with Crippen molar-refractivity contribution >= 4 is 55.4 Å². The molecule has 1 amide bonds. The molecule has 13 heteroatoms. The number of aromatic nitrogens is 4. The molecule has 10 nitrogen and oxygen atoms in total. The largest absolute Gasteiger partial charge is 0.333 e. The molecule has 0 saturated heterocycles. The van der Waals surface area contributed by atoms with Crippen LogP contribution in [0, 0.1) is 12.7 Å². The van der Waals surface area contributed by atoms with Crippen LogP contribution in [-0.2, 0) is 30.2 Å². The molecular formula is C29H26ClFN6O4S. The van der Waals surface area contributed by atoms with Crippen LogP contribution < -0.4 is 15.2 Å². The Morgan fingerprint density at radius 2 is 1.83 bits per heavy atom. The van der Waals surface area contributed by atoms with E-state index in [0.717, 1.165) is 28.5 Å². The van der Waals surface area contributed by atoms with E-state index < -0.39 is 22.0 Å². The molecule has 1 atom stereocenters. The highest BCUT2D eigenvalue weighted by Crippen LogP contribution is 2.33. The van der Waals surface area contributed by atoms with Crippen LogP contribution in [0.3, 0.4) is 0 Å².